The standard InChI is InChI=1S/C18H21N5O/c1-3-8-22-11-17-21-20-16(23(17)12(2)18(22)24)9-13-10-19-15-7-5-4-6-14(13)15/h4-7,10,12,19H,3,8-9,11H2,1-2H3/t12-/m0/s1. The van der Waals surface area contributed by atoms with Crippen molar-refractivity contribution in [3.63, 3.8) is 0 Å². The van der Waals surface area contributed by atoms with Gasteiger partial charge in [-0.2, -0.15) is 0 Å². The maximum atomic E-state index is 12.6. The summed E-state index contributed by atoms with van der Waals surface area (Å²) in [5.41, 5.74) is 2.29. The Bertz CT molecular complexity index is 894. The molecule has 4 rings (SSSR count). The minimum atomic E-state index is -0.240. The molecule has 0 unspecified atom stereocenters. The van der Waals surface area contributed by atoms with Crippen LogP contribution in [-0.4, -0.2) is 37.1 Å². The minimum Gasteiger partial charge on any atom is -0.361 e. The third kappa shape index (κ3) is 2.29. The number of benzene rings is 1. The Hall–Kier alpha value is -2.63. The number of H-pyrrole nitrogens is 1. The van der Waals surface area contributed by atoms with E-state index in [1.165, 1.54) is 10.9 Å². The van der Waals surface area contributed by atoms with Gasteiger partial charge in [0.1, 0.15) is 11.9 Å². The zero-order valence-corrected chi connectivity index (χ0v) is 14.0. The second kappa shape index (κ2) is 5.78. The fraction of sp³-hybridized carbons (Fsp3) is 0.389. The number of carbonyl (C=O) groups is 1. The predicted molar refractivity (Wildman–Crippen MR) is 91.5 cm³/mol. The van der Waals surface area contributed by atoms with Crippen molar-refractivity contribution < 1.29 is 4.79 Å². The molecule has 1 aromatic carbocycles. The van der Waals surface area contributed by atoms with Crippen molar-refractivity contribution in [3.8, 4) is 0 Å². The number of hydrogen-bond donors (Lipinski definition) is 1. The number of fused-ring (bicyclic) bond motifs is 2. The van der Waals surface area contributed by atoms with E-state index >= 15 is 0 Å². The van der Waals surface area contributed by atoms with E-state index in [0.29, 0.717) is 13.0 Å². The molecule has 124 valence electrons. The first kappa shape index (κ1) is 14.9. The van der Waals surface area contributed by atoms with Gasteiger partial charge in [0.25, 0.3) is 0 Å². The van der Waals surface area contributed by atoms with Gasteiger partial charge in [0.15, 0.2) is 5.82 Å². The molecule has 1 amide bonds. The number of hydrogen-bond acceptors (Lipinski definition) is 3. The van der Waals surface area contributed by atoms with Gasteiger partial charge in [-0.25, -0.2) is 0 Å². The van der Waals surface area contributed by atoms with E-state index in [1.807, 2.05) is 34.7 Å². The van der Waals surface area contributed by atoms with Crippen LogP contribution in [0, 0.1) is 0 Å². The molecule has 0 bridgehead atoms. The molecule has 6 nitrogen and oxygen atoms in total. The average Bonchev–Trinajstić information content (AvgIpc) is 3.18. The van der Waals surface area contributed by atoms with Gasteiger partial charge in [-0.05, 0) is 25.0 Å². The smallest absolute Gasteiger partial charge is 0.245 e. The number of aromatic nitrogens is 4. The van der Waals surface area contributed by atoms with Gasteiger partial charge < -0.3 is 14.5 Å². The molecule has 6 heteroatoms. The molecule has 1 N–H and O–H groups in total. The van der Waals surface area contributed by atoms with E-state index in [2.05, 4.69) is 34.2 Å². The summed E-state index contributed by atoms with van der Waals surface area (Å²) in [6.07, 6.45) is 3.64. The molecule has 0 saturated heterocycles. The van der Waals surface area contributed by atoms with Crippen LogP contribution in [0.5, 0.6) is 0 Å². The maximum absolute atomic E-state index is 12.6. The Balaban J connectivity index is 1.68. The molecular formula is C18H21N5O. The number of para-hydroxylation sites is 1. The molecule has 1 atom stereocenters. The highest BCUT2D eigenvalue weighted by atomic mass is 16.2. The molecule has 0 saturated carbocycles. The average molecular weight is 323 g/mol. The van der Waals surface area contributed by atoms with Crippen molar-refractivity contribution in [3.05, 3.63) is 47.7 Å². The highest BCUT2D eigenvalue weighted by Gasteiger charge is 2.32. The molecule has 1 aliphatic rings. The van der Waals surface area contributed by atoms with E-state index in [4.69, 9.17) is 0 Å². The summed E-state index contributed by atoms with van der Waals surface area (Å²) in [5, 5.41) is 9.91. The zero-order chi connectivity index (χ0) is 16.7. The van der Waals surface area contributed by atoms with Crippen LogP contribution in [0.1, 0.15) is 43.5 Å². The third-order valence-corrected chi connectivity index (χ3v) is 4.74. The van der Waals surface area contributed by atoms with Crippen molar-refractivity contribution in [2.45, 2.75) is 39.3 Å². The Morgan fingerprint density at radius 1 is 1.29 bits per heavy atom. The van der Waals surface area contributed by atoms with E-state index < -0.39 is 0 Å². The normalized spacial score (nSPS) is 17.5. The fourth-order valence-electron chi connectivity index (χ4n) is 3.57. The van der Waals surface area contributed by atoms with Crippen molar-refractivity contribution in [1.82, 2.24) is 24.6 Å². The summed E-state index contributed by atoms with van der Waals surface area (Å²) in [7, 11) is 0. The number of carbonyl (C=O) groups excluding carboxylic acids is 1. The quantitative estimate of drug-likeness (QED) is 0.802. The van der Waals surface area contributed by atoms with E-state index in [0.717, 1.165) is 30.1 Å². The van der Waals surface area contributed by atoms with E-state index in [1.54, 1.807) is 0 Å². The molecule has 0 spiro atoms. The lowest BCUT2D eigenvalue weighted by atomic mass is 10.1. The summed E-state index contributed by atoms with van der Waals surface area (Å²) in [6.45, 7) is 5.35. The van der Waals surface area contributed by atoms with Crippen LogP contribution in [0.2, 0.25) is 0 Å². The van der Waals surface area contributed by atoms with E-state index in [-0.39, 0.29) is 11.9 Å². The molecule has 0 aliphatic carbocycles. The number of aromatic amines is 1. The van der Waals surface area contributed by atoms with Gasteiger partial charge in [-0.1, -0.05) is 25.1 Å². The van der Waals surface area contributed by atoms with Crippen LogP contribution in [0.4, 0.5) is 0 Å². The zero-order valence-electron chi connectivity index (χ0n) is 14.0. The number of nitrogens with zero attached hydrogens (tertiary/aromatic N) is 4. The van der Waals surface area contributed by atoms with Crippen molar-refractivity contribution in [1.29, 1.82) is 0 Å². The van der Waals surface area contributed by atoms with Gasteiger partial charge in [0, 0.05) is 30.1 Å². The van der Waals surface area contributed by atoms with Crippen LogP contribution < -0.4 is 0 Å². The lowest BCUT2D eigenvalue weighted by Crippen LogP contribution is -2.42. The van der Waals surface area contributed by atoms with Crippen LogP contribution in [0.15, 0.2) is 30.5 Å². The van der Waals surface area contributed by atoms with Gasteiger partial charge in [0.2, 0.25) is 5.91 Å². The summed E-state index contributed by atoms with van der Waals surface area (Å²) >= 11 is 0. The highest BCUT2D eigenvalue weighted by Crippen LogP contribution is 2.26. The summed E-state index contributed by atoms with van der Waals surface area (Å²) < 4.78 is 2.01. The lowest BCUT2D eigenvalue weighted by Gasteiger charge is -2.31. The predicted octanol–water partition coefficient (Wildman–Crippen LogP) is 2.66. The first-order valence-corrected chi connectivity index (χ1v) is 8.45. The first-order valence-electron chi connectivity index (χ1n) is 8.45. The molecule has 1 aliphatic heterocycles. The molecule has 3 aromatic rings. The van der Waals surface area contributed by atoms with Crippen molar-refractivity contribution >= 4 is 16.8 Å². The van der Waals surface area contributed by atoms with Crippen LogP contribution in [0.25, 0.3) is 10.9 Å². The molecule has 0 fully saturated rings. The SMILES string of the molecule is CCCN1Cc2nnc(Cc3c[nH]c4ccccc34)n2[C@@H](C)C1=O. The molecular weight excluding hydrogens is 302 g/mol. The van der Waals surface area contributed by atoms with Crippen molar-refractivity contribution in [2.24, 2.45) is 0 Å². The van der Waals surface area contributed by atoms with Crippen LogP contribution >= 0.6 is 0 Å². The minimum absolute atomic E-state index is 0.157. The van der Waals surface area contributed by atoms with Gasteiger partial charge in [-0.3, -0.25) is 4.79 Å². The monoisotopic (exact) mass is 323 g/mol. The number of rotatable bonds is 4. The highest BCUT2D eigenvalue weighted by molar-refractivity contribution is 5.83. The maximum Gasteiger partial charge on any atom is 0.245 e. The molecule has 2 aromatic heterocycles. The van der Waals surface area contributed by atoms with Gasteiger partial charge >= 0.3 is 0 Å². The fourth-order valence-corrected chi connectivity index (χ4v) is 3.57. The van der Waals surface area contributed by atoms with E-state index in [9.17, 15) is 4.79 Å². The molecule has 24 heavy (non-hydrogen) atoms. The van der Waals surface area contributed by atoms with Crippen LogP contribution in [-0.2, 0) is 17.8 Å². The topological polar surface area (TPSA) is 66.8 Å². The molecule has 3 heterocycles. The third-order valence-electron chi connectivity index (χ3n) is 4.74. The van der Waals surface area contributed by atoms with Gasteiger partial charge in [0.05, 0.1) is 6.54 Å². The number of amides is 1. The Labute approximate surface area is 140 Å². The Morgan fingerprint density at radius 2 is 2.12 bits per heavy atom. The van der Waals surface area contributed by atoms with Crippen LogP contribution in [0.3, 0.4) is 0 Å². The summed E-state index contributed by atoms with van der Waals surface area (Å²) in [6, 6.07) is 7.98. The molecule has 0 radical (unpaired) electrons. The second-order valence-electron chi connectivity index (χ2n) is 6.37. The Kier molecular flexibility index (Phi) is 3.59. The Morgan fingerprint density at radius 3 is 2.96 bits per heavy atom. The first-order chi connectivity index (χ1) is 11.7. The lowest BCUT2D eigenvalue weighted by molar-refractivity contribution is -0.137. The number of nitrogens with one attached hydrogen (secondary N) is 1. The second-order valence-corrected chi connectivity index (χ2v) is 6.37. The summed E-state index contributed by atoms with van der Waals surface area (Å²) in [5.74, 6) is 1.89. The summed E-state index contributed by atoms with van der Waals surface area (Å²) in [4.78, 5) is 17.8. The van der Waals surface area contributed by atoms with Gasteiger partial charge in [-0.15, -0.1) is 10.2 Å². The van der Waals surface area contributed by atoms with Crippen molar-refractivity contribution in [2.75, 3.05) is 6.54 Å². The largest absolute Gasteiger partial charge is 0.361 e.